The number of hydrogen-bond acceptors (Lipinski definition) is 4. The Morgan fingerprint density at radius 2 is 2.14 bits per heavy atom. The maximum atomic E-state index is 13.7. The number of rotatable bonds is 6. The maximum absolute atomic E-state index is 13.7. The van der Waals surface area contributed by atoms with Gasteiger partial charge in [0.25, 0.3) is 15.0 Å². The van der Waals surface area contributed by atoms with Gasteiger partial charge in [-0.25, -0.2) is 12.8 Å². The minimum Gasteiger partial charge on any atom is -0.482 e. The lowest BCUT2D eigenvalue weighted by Gasteiger charge is -2.13. The van der Waals surface area contributed by atoms with Gasteiger partial charge in [0.2, 0.25) is 0 Å². The number of amides is 1. The van der Waals surface area contributed by atoms with Crippen LogP contribution < -0.4 is 10.1 Å². The summed E-state index contributed by atoms with van der Waals surface area (Å²) in [5.74, 6) is -1.40. The summed E-state index contributed by atoms with van der Waals surface area (Å²) >= 11 is 3.04. The summed E-state index contributed by atoms with van der Waals surface area (Å²) in [7, 11) is 0.904. The molecule has 0 bridgehead atoms. The monoisotopic (exact) mass is 401 g/mol. The van der Waals surface area contributed by atoms with Crippen molar-refractivity contribution in [3.8, 4) is 5.75 Å². The molecule has 0 saturated heterocycles. The quantitative estimate of drug-likeness (QED) is 0.743. The van der Waals surface area contributed by atoms with Gasteiger partial charge in [0.15, 0.2) is 6.61 Å². The predicted molar refractivity (Wildman–Crippen MR) is 80.5 cm³/mol. The molecule has 1 unspecified atom stereocenters. The molecule has 1 atom stereocenters. The predicted octanol–water partition coefficient (Wildman–Crippen LogP) is 2.81. The Morgan fingerprint density at radius 1 is 1.52 bits per heavy atom. The number of hydrogen-bond donors (Lipinski definition) is 1. The second-order valence-corrected chi connectivity index (χ2v) is 7.71. The standard InChI is InChI=1S/C12H14BrClFNO4S/c1-3-7(2)16-12(17)6-20-10-5-9(15)11(4-8(10)13)21(14,18)19/h4-5,7H,3,6H2,1-2H3,(H,16,17). The van der Waals surface area contributed by atoms with Crippen molar-refractivity contribution in [2.24, 2.45) is 0 Å². The first kappa shape index (κ1) is 18.2. The zero-order valence-electron chi connectivity index (χ0n) is 11.3. The molecule has 118 valence electrons. The lowest BCUT2D eigenvalue weighted by Crippen LogP contribution is -2.35. The van der Waals surface area contributed by atoms with E-state index in [-0.39, 0.29) is 28.8 Å². The highest BCUT2D eigenvalue weighted by molar-refractivity contribution is 9.10. The smallest absolute Gasteiger partial charge is 0.264 e. The number of ether oxygens (including phenoxy) is 1. The molecular weight excluding hydrogens is 389 g/mol. The second kappa shape index (κ2) is 7.42. The van der Waals surface area contributed by atoms with Crippen molar-refractivity contribution in [2.45, 2.75) is 31.2 Å². The largest absolute Gasteiger partial charge is 0.482 e. The van der Waals surface area contributed by atoms with Crippen molar-refractivity contribution in [3.63, 3.8) is 0 Å². The van der Waals surface area contributed by atoms with Gasteiger partial charge >= 0.3 is 0 Å². The van der Waals surface area contributed by atoms with Crippen LogP contribution in [0.2, 0.25) is 0 Å². The summed E-state index contributed by atoms with van der Waals surface area (Å²) in [6.45, 7) is 3.45. The third kappa shape index (κ3) is 5.44. The van der Waals surface area contributed by atoms with Gasteiger partial charge in [0, 0.05) is 22.8 Å². The summed E-state index contributed by atoms with van der Waals surface area (Å²) in [6.07, 6.45) is 0.770. The van der Waals surface area contributed by atoms with E-state index in [9.17, 15) is 17.6 Å². The molecule has 9 heteroatoms. The van der Waals surface area contributed by atoms with E-state index < -0.39 is 19.8 Å². The van der Waals surface area contributed by atoms with E-state index >= 15 is 0 Å². The molecule has 0 saturated carbocycles. The molecule has 0 aliphatic rings. The molecule has 1 N–H and O–H groups in total. The molecule has 0 aliphatic heterocycles. The number of halogens is 3. The molecule has 0 spiro atoms. The Balaban J connectivity index is 2.82. The lowest BCUT2D eigenvalue weighted by molar-refractivity contribution is -0.123. The summed E-state index contributed by atoms with van der Waals surface area (Å²) in [5, 5.41) is 2.68. The molecule has 1 aromatic carbocycles. The molecule has 21 heavy (non-hydrogen) atoms. The number of carbonyl (C=O) groups excluding carboxylic acids is 1. The van der Waals surface area contributed by atoms with Crippen LogP contribution in [0.15, 0.2) is 21.5 Å². The van der Waals surface area contributed by atoms with Gasteiger partial charge in [-0.2, -0.15) is 0 Å². The Bertz CT molecular complexity index is 638. The summed E-state index contributed by atoms with van der Waals surface area (Å²) < 4.78 is 41.3. The van der Waals surface area contributed by atoms with E-state index in [1.165, 1.54) is 0 Å². The molecule has 1 amide bonds. The van der Waals surface area contributed by atoms with Gasteiger partial charge in [0.1, 0.15) is 16.5 Å². The summed E-state index contributed by atoms with van der Waals surface area (Å²) in [6, 6.07) is 1.85. The van der Waals surface area contributed by atoms with Crippen LogP contribution in [0.5, 0.6) is 5.75 Å². The molecule has 1 aromatic rings. The van der Waals surface area contributed by atoms with E-state index in [4.69, 9.17) is 15.4 Å². The Kier molecular flexibility index (Phi) is 6.42. The number of benzene rings is 1. The average molecular weight is 403 g/mol. The Labute approximate surface area is 135 Å². The maximum Gasteiger partial charge on any atom is 0.264 e. The SMILES string of the molecule is CCC(C)NC(=O)COc1cc(F)c(S(=O)(=O)Cl)cc1Br. The minimum absolute atomic E-state index is 0.00467. The highest BCUT2D eigenvalue weighted by Crippen LogP contribution is 2.31. The van der Waals surface area contributed by atoms with Crippen LogP contribution in [0.4, 0.5) is 4.39 Å². The van der Waals surface area contributed by atoms with Crippen LogP contribution in [0.3, 0.4) is 0 Å². The first-order chi connectivity index (χ1) is 9.65. The topological polar surface area (TPSA) is 72.5 Å². The fraction of sp³-hybridized carbons (Fsp3) is 0.417. The van der Waals surface area contributed by atoms with Crippen LogP contribution in [0, 0.1) is 5.82 Å². The van der Waals surface area contributed by atoms with Crippen LogP contribution in [0.1, 0.15) is 20.3 Å². The molecule has 5 nitrogen and oxygen atoms in total. The third-order valence-electron chi connectivity index (χ3n) is 2.63. The molecule has 0 radical (unpaired) electrons. The Morgan fingerprint density at radius 3 is 2.67 bits per heavy atom. The van der Waals surface area contributed by atoms with Crippen LogP contribution in [-0.2, 0) is 13.8 Å². The number of nitrogens with one attached hydrogen (secondary N) is 1. The molecule has 0 heterocycles. The van der Waals surface area contributed by atoms with Gasteiger partial charge < -0.3 is 10.1 Å². The van der Waals surface area contributed by atoms with Gasteiger partial charge in [-0.15, -0.1) is 0 Å². The minimum atomic E-state index is -4.19. The van der Waals surface area contributed by atoms with E-state index in [0.29, 0.717) is 0 Å². The second-order valence-electron chi connectivity index (χ2n) is 4.32. The van der Waals surface area contributed by atoms with Crippen LogP contribution in [0.25, 0.3) is 0 Å². The van der Waals surface area contributed by atoms with Gasteiger partial charge in [0.05, 0.1) is 4.47 Å². The normalized spacial score (nSPS) is 12.8. The average Bonchev–Trinajstić information content (AvgIpc) is 2.37. The van der Waals surface area contributed by atoms with E-state index in [2.05, 4.69) is 21.2 Å². The highest BCUT2D eigenvalue weighted by Gasteiger charge is 2.19. The fourth-order valence-corrected chi connectivity index (χ4v) is 2.88. The van der Waals surface area contributed by atoms with Crippen molar-refractivity contribution in [1.82, 2.24) is 5.32 Å². The van der Waals surface area contributed by atoms with Gasteiger partial charge in [-0.05, 0) is 35.3 Å². The van der Waals surface area contributed by atoms with Crippen molar-refractivity contribution < 1.29 is 22.3 Å². The zero-order chi connectivity index (χ0) is 16.2. The first-order valence-electron chi connectivity index (χ1n) is 6.01. The molecule has 0 aliphatic carbocycles. The molecule has 0 fully saturated rings. The van der Waals surface area contributed by atoms with Gasteiger partial charge in [-0.1, -0.05) is 6.92 Å². The zero-order valence-corrected chi connectivity index (χ0v) is 14.5. The molecule has 1 rings (SSSR count). The third-order valence-corrected chi connectivity index (χ3v) is 4.58. The van der Waals surface area contributed by atoms with Crippen molar-refractivity contribution in [3.05, 3.63) is 22.4 Å². The van der Waals surface area contributed by atoms with Crippen LogP contribution in [-0.4, -0.2) is 27.0 Å². The van der Waals surface area contributed by atoms with Gasteiger partial charge in [-0.3, -0.25) is 4.79 Å². The molecule has 0 aromatic heterocycles. The van der Waals surface area contributed by atoms with E-state index in [1.807, 2.05) is 13.8 Å². The molecular formula is C12H14BrClFNO4S. The number of carbonyl (C=O) groups is 1. The highest BCUT2D eigenvalue weighted by atomic mass is 79.9. The Hall–Kier alpha value is -0.860. The van der Waals surface area contributed by atoms with Crippen molar-refractivity contribution >= 4 is 41.6 Å². The van der Waals surface area contributed by atoms with Crippen molar-refractivity contribution in [1.29, 1.82) is 0 Å². The van der Waals surface area contributed by atoms with Crippen molar-refractivity contribution in [2.75, 3.05) is 6.61 Å². The van der Waals surface area contributed by atoms with E-state index in [0.717, 1.165) is 18.6 Å². The first-order valence-corrected chi connectivity index (χ1v) is 9.11. The summed E-state index contributed by atoms with van der Waals surface area (Å²) in [5.41, 5.74) is 0. The van der Waals surface area contributed by atoms with Crippen LogP contribution >= 0.6 is 26.6 Å². The summed E-state index contributed by atoms with van der Waals surface area (Å²) in [4.78, 5) is 10.9. The fourth-order valence-electron chi connectivity index (χ4n) is 1.37. The lowest BCUT2D eigenvalue weighted by atomic mass is 10.2. The van der Waals surface area contributed by atoms with E-state index in [1.54, 1.807) is 0 Å².